The number of aromatic amines is 1. The van der Waals surface area contributed by atoms with Gasteiger partial charge in [0, 0.05) is 36.9 Å². The van der Waals surface area contributed by atoms with E-state index in [1.165, 1.54) is 18.2 Å². The molecule has 2 heterocycles. The molecule has 0 saturated carbocycles. The van der Waals surface area contributed by atoms with E-state index < -0.39 is 27.3 Å². The van der Waals surface area contributed by atoms with Crippen LogP contribution < -0.4 is 10.0 Å². The molecule has 9 nitrogen and oxygen atoms in total. The van der Waals surface area contributed by atoms with Crippen molar-refractivity contribution in [3.8, 4) is 0 Å². The van der Waals surface area contributed by atoms with Crippen LogP contribution in [0.1, 0.15) is 26.2 Å². The maximum Gasteiger partial charge on any atom is 0.312 e. The summed E-state index contributed by atoms with van der Waals surface area (Å²) in [4.78, 5) is 28.4. The van der Waals surface area contributed by atoms with Crippen molar-refractivity contribution in [3.63, 3.8) is 0 Å². The molecule has 1 fully saturated rings. The number of para-hydroxylation sites is 1. The van der Waals surface area contributed by atoms with Gasteiger partial charge in [-0.1, -0.05) is 29.8 Å². The van der Waals surface area contributed by atoms with Crippen LogP contribution in [0.3, 0.4) is 0 Å². The first-order valence-corrected chi connectivity index (χ1v) is 13.0. The van der Waals surface area contributed by atoms with Crippen molar-refractivity contribution in [2.45, 2.75) is 31.1 Å². The number of amides is 1. The molecule has 35 heavy (non-hydrogen) atoms. The molecule has 0 atom stereocenters. The number of hydrogen-bond acceptors (Lipinski definition) is 6. The Labute approximate surface area is 208 Å². The van der Waals surface area contributed by atoms with Crippen LogP contribution in [-0.2, 0) is 29.1 Å². The van der Waals surface area contributed by atoms with Gasteiger partial charge in [0.25, 0.3) is 10.0 Å². The second-order valence-corrected chi connectivity index (χ2v) is 10.4. The SMILES string of the molecule is CCOC(=O)C1(CC(=O)Nc2cccc(S(=O)(=O)Nc3cccc4c(Cl)c[nH]c34)c2)CCOCC1. The molecule has 0 radical (unpaired) electrons. The molecule has 1 saturated heterocycles. The molecule has 0 unspecified atom stereocenters. The Morgan fingerprint density at radius 2 is 1.91 bits per heavy atom. The second kappa shape index (κ2) is 10.3. The topological polar surface area (TPSA) is 127 Å². The molecule has 186 valence electrons. The summed E-state index contributed by atoms with van der Waals surface area (Å²) in [6.45, 7) is 2.67. The van der Waals surface area contributed by atoms with Crippen molar-refractivity contribution in [1.29, 1.82) is 0 Å². The summed E-state index contributed by atoms with van der Waals surface area (Å²) in [6.07, 6.45) is 2.26. The third-order valence-corrected chi connectivity index (χ3v) is 7.67. The minimum atomic E-state index is -3.97. The number of carbonyl (C=O) groups is 2. The predicted octanol–water partition coefficient (Wildman–Crippen LogP) is 4.31. The van der Waals surface area contributed by atoms with Gasteiger partial charge in [0.1, 0.15) is 0 Å². The maximum atomic E-state index is 13.1. The number of halogens is 1. The molecule has 4 rings (SSSR count). The summed E-state index contributed by atoms with van der Waals surface area (Å²) in [5, 5.41) is 3.89. The molecule has 0 aliphatic carbocycles. The van der Waals surface area contributed by atoms with Gasteiger partial charge in [0.15, 0.2) is 0 Å². The molecule has 3 N–H and O–H groups in total. The quantitative estimate of drug-likeness (QED) is 0.381. The minimum absolute atomic E-state index is 0.0314. The van der Waals surface area contributed by atoms with Gasteiger partial charge in [-0.25, -0.2) is 8.42 Å². The van der Waals surface area contributed by atoms with Crippen LogP contribution >= 0.6 is 11.6 Å². The summed E-state index contributed by atoms with van der Waals surface area (Å²) < 4.78 is 39.3. The van der Waals surface area contributed by atoms with Crippen molar-refractivity contribution >= 4 is 55.8 Å². The molecule has 0 bridgehead atoms. The summed E-state index contributed by atoms with van der Waals surface area (Å²) in [7, 11) is -3.97. The van der Waals surface area contributed by atoms with Crippen molar-refractivity contribution in [2.75, 3.05) is 29.9 Å². The number of H-pyrrole nitrogens is 1. The summed E-state index contributed by atoms with van der Waals surface area (Å²) in [5.41, 5.74) is 0.246. The number of nitrogens with one attached hydrogen (secondary N) is 3. The first-order chi connectivity index (χ1) is 16.7. The molecule has 1 aromatic heterocycles. The van der Waals surface area contributed by atoms with Crippen molar-refractivity contribution in [3.05, 3.63) is 53.7 Å². The fourth-order valence-electron chi connectivity index (χ4n) is 4.16. The van der Waals surface area contributed by atoms with Crippen LogP contribution in [0.5, 0.6) is 0 Å². The van der Waals surface area contributed by atoms with Gasteiger partial charge in [-0.3, -0.25) is 14.3 Å². The fourth-order valence-corrected chi connectivity index (χ4v) is 5.49. The standard InChI is InChI=1S/C24H26ClN3O6S/c1-2-34-23(30)24(9-11-33-12-10-24)14-21(29)27-16-5-3-6-17(13-16)35(31,32)28-20-8-4-7-18-19(25)15-26-22(18)20/h3-8,13,15,26,28H,2,9-12,14H2,1H3,(H,27,29). The zero-order chi connectivity index (χ0) is 25.1. The molecule has 1 aliphatic rings. The molecular weight excluding hydrogens is 494 g/mol. The molecule has 3 aromatic rings. The number of aromatic nitrogens is 1. The normalized spacial score (nSPS) is 15.5. The number of hydrogen-bond donors (Lipinski definition) is 3. The first kappa shape index (κ1) is 25.0. The summed E-state index contributed by atoms with van der Waals surface area (Å²) in [5.74, 6) is -0.828. The highest BCUT2D eigenvalue weighted by Crippen LogP contribution is 2.36. The largest absolute Gasteiger partial charge is 0.466 e. The number of esters is 1. The van der Waals surface area contributed by atoms with Crippen molar-refractivity contribution < 1.29 is 27.5 Å². The Balaban J connectivity index is 1.51. The van der Waals surface area contributed by atoms with E-state index in [9.17, 15) is 18.0 Å². The molecule has 2 aromatic carbocycles. The van der Waals surface area contributed by atoms with Crippen molar-refractivity contribution in [2.24, 2.45) is 5.41 Å². The van der Waals surface area contributed by atoms with Gasteiger partial charge in [-0.15, -0.1) is 0 Å². The van der Waals surface area contributed by atoms with Gasteiger partial charge < -0.3 is 19.8 Å². The molecule has 1 aliphatic heterocycles. The lowest BCUT2D eigenvalue weighted by Crippen LogP contribution is -2.41. The Morgan fingerprint density at radius 1 is 1.17 bits per heavy atom. The van der Waals surface area contributed by atoms with E-state index in [4.69, 9.17) is 21.1 Å². The third-order valence-electron chi connectivity index (χ3n) is 5.99. The van der Waals surface area contributed by atoms with E-state index in [2.05, 4.69) is 15.0 Å². The number of fused-ring (bicyclic) bond motifs is 1. The highest BCUT2D eigenvalue weighted by molar-refractivity contribution is 7.92. The van der Waals surface area contributed by atoms with E-state index in [1.807, 2.05) is 0 Å². The lowest BCUT2D eigenvalue weighted by Gasteiger charge is -2.34. The molecule has 1 amide bonds. The van der Waals surface area contributed by atoms with E-state index in [0.29, 0.717) is 53.4 Å². The van der Waals surface area contributed by atoms with Gasteiger partial charge in [-0.05, 0) is 44.0 Å². The first-order valence-electron chi connectivity index (χ1n) is 11.2. The van der Waals surface area contributed by atoms with Crippen molar-refractivity contribution in [1.82, 2.24) is 4.98 Å². The van der Waals surface area contributed by atoms with Crippen LogP contribution in [0.15, 0.2) is 53.6 Å². The van der Waals surface area contributed by atoms with Crippen LogP contribution in [0.4, 0.5) is 11.4 Å². The zero-order valence-corrected chi connectivity index (χ0v) is 20.7. The maximum absolute atomic E-state index is 13.1. The van der Waals surface area contributed by atoms with Crippen LogP contribution in [0.25, 0.3) is 10.9 Å². The highest BCUT2D eigenvalue weighted by atomic mass is 35.5. The van der Waals surface area contributed by atoms with Gasteiger partial charge >= 0.3 is 5.97 Å². The van der Waals surface area contributed by atoms with E-state index in [-0.39, 0.29) is 17.9 Å². The smallest absolute Gasteiger partial charge is 0.312 e. The number of benzene rings is 2. The monoisotopic (exact) mass is 519 g/mol. The highest BCUT2D eigenvalue weighted by Gasteiger charge is 2.43. The molecule has 0 spiro atoms. The van der Waals surface area contributed by atoms with Gasteiger partial charge in [0.05, 0.1) is 33.1 Å². The second-order valence-electron chi connectivity index (χ2n) is 8.34. The number of ether oxygens (including phenoxy) is 2. The summed E-state index contributed by atoms with van der Waals surface area (Å²) in [6, 6.07) is 11.0. The van der Waals surface area contributed by atoms with Crippen LogP contribution in [0.2, 0.25) is 5.02 Å². The number of rotatable bonds is 8. The Hall–Kier alpha value is -3.08. The van der Waals surface area contributed by atoms with E-state index >= 15 is 0 Å². The minimum Gasteiger partial charge on any atom is -0.466 e. The Kier molecular flexibility index (Phi) is 7.34. The van der Waals surface area contributed by atoms with Gasteiger partial charge in [0.2, 0.25) is 5.91 Å². The molecular formula is C24H26ClN3O6S. The Bertz CT molecular complexity index is 1350. The number of sulfonamides is 1. The average molecular weight is 520 g/mol. The zero-order valence-electron chi connectivity index (χ0n) is 19.1. The fraction of sp³-hybridized carbons (Fsp3) is 0.333. The average Bonchev–Trinajstić information content (AvgIpc) is 3.21. The number of anilines is 2. The molecule has 11 heteroatoms. The summed E-state index contributed by atoms with van der Waals surface area (Å²) >= 11 is 6.13. The van der Waals surface area contributed by atoms with Gasteiger partial charge in [-0.2, -0.15) is 0 Å². The number of carbonyl (C=O) groups excluding carboxylic acids is 2. The lowest BCUT2D eigenvalue weighted by atomic mass is 9.77. The predicted molar refractivity (Wildman–Crippen MR) is 133 cm³/mol. The lowest BCUT2D eigenvalue weighted by molar-refractivity contribution is -0.163. The third kappa shape index (κ3) is 5.44. The van der Waals surface area contributed by atoms with E-state index in [0.717, 1.165) is 0 Å². The van der Waals surface area contributed by atoms with E-state index in [1.54, 1.807) is 37.4 Å². The Morgan fingerprint density at radius 3 is 2.66 bits per heavy atom. The van der Waals surface area contributed by atoms with Crippen LogP contribution in [-0.4, -0.2) is 45.1 Å². The van der Waals surface area contributed by atoms with Crippen LogP contribution in [0, 0.1) is 5.41 Å².